The third-order valence-electron chi connectivity index (χ3n) is 1.90. The third-order valence-corrected chi connectivity index (χ3v) is 2.49. The maximum Gasteiger partial charge on any atom is 0.147 e. The van der Waals surface area contributed by atoms with E-state index in [-0.39, 0.29) is 5.82 Å². The fourth-order valence-corrected chi connectivity index (χ4v) is 1.79. The van der Waals surface area contributed by atoms with Gasteiger partial charge >= 0.3 is 0 Å². The molecule has 0 saturated heterocycles. The van der Waals surface area contributed by atoms with Crippen LogP contribution in [-0.2, 0) is 0 Å². The third kappa shape index (κ3) is 1.66. The predicted molar refractivity (Wildman–Crippen MR) is 61.0 cm³/mol. The zero-order valence-corrected chi connectivity index (χ0v) is 9.58. The lowest BCUT2D eigenvalue weighted by molar-refractivity contribution is 0.415. The highest BCUT2D eigenvalue weighted by Crippen LogP contribution is 2.25. The number of nitrogens with zero attached hydrogens (tertiary/aromatic N) is 1. The highest BCUT2D eigenvalue weighted by atomic mass is 127. The van der Waals surface area contributed by atoms with E-state index < -0.39 is 0 Å². The van der Waals surface area contributed by atoms with Crippen LogP contribution in [0.1, 0.15) is 0 Å². The van der Waals surface area contributed by atoms with E-state index in [2.05, 4.69) is 27.6 Å². The summed E-state index contributed by atoms with van der Waals surface area (Å²) >= 11 is 2.14. The van der Waals surface area contributed by atoms with Gasteiger partial charge in [-0.1, -0.05) is 0 Å². The standard InChI is InChI=1S/C10H7FINO/c1-14-9-4-7(11)2-6-3-8(12)5-13-10(6)9/h2-5H,1H3. The van der Waals surface area contributed by atoms with Gasteiger partial charge in [0.15, 0.2) is 0 Å². The van der Waals surface area contributed by atoms with E-state index in [1.54, 1.807) is 6.20 Å². The molecular weight excluding hydrogens is 296 g/mol. The Morgan fingerprint density at radius 3 is 2.86 bits per heavy atom. The molecule has 0 aliphatic carbocycles. The van der Waals surface area contributed by atoms with Crippen molar-refractivity contribution < 1.29 is 9.13 Å². The molecular formula is C10H7FINO. The molecule has 0 atom stereocenters. The summed E-state index contributed by atoms with van der Waals surface area (Å²) in [5, 5.41) is 0.758. The molecule has 4 heteroatoms. The zero-order chi connectivity index (χ0) is 10.1. The van der Waals surface area contributed by atoms with E-state index in [0.29, 0.717) is 11.3 Å². The minimum atomic E-state index is -0.307. The van der Waals surface area contributed by atoms with Gasteiger partial charge in [-0.05, 0) is 34.7 Å². The number of ether oxygens (including phenoxy) is 1. The molecule has 1 heterocycles. The first-order valence-electron chi connectivity index (χ1n) is 3.99. The molecule has 14 heavy (non-hydrogen) atoms. The molecule has 0 spiro atoms. The summed E-state index contributed by atoms with van der Waals surface area (Å²) in [7, 11) is 1.51. The van der Waals surface area contributed by atoms with Gasteiger partial charge in [0.1, 0.15) is 17.1 Å². The highest BCUT2D eigenvalue weighted by Gasteiger charge is 2.05. The van der Waals surface area contributed by atoms with Crippen molar-refractivity contribution >= 4 is 33.5 Å². The summed E-state index contributed by atoms with van der Waals surface area (Å²) in [6.07, 6.45) is 1.73. The minimum absolute atomic E-state index is 0.307. The van der Waals surface area contributed by atoms with E-state index in [1.165, 1.54) is 19.2 Å². The van der Waals surface area contributed by atoms with Gasteiger partial charge in [-0.2, -0.15) is 0 Å². The molecule has 0 radical (unpaired) electrons. The maximum atomic E-state index is 13.1. The molecule has 0 N–H and O–H groups in total. The van der Waals surface area contributed by atoms with Gasteiger partial charge in [-0.25, -0.2) is 4.39 Å². The Morgan fingerprint density at radius 2 is 2.14 bits per heavy atom. The van der Waals surface area contributed by atoms with Gasteiger partial charge in [-0.15, -0.1) is 0 Å². The first-order valence-corrected chi connectivity index (χ1v) is 5.07. The number of methoxy groups -OCH3 is 1. The van der Waals surface area contributed by atoms with Crippen LogP contribution in [0.5, 0.6) is 5.75 Å². The second-order valence-electron chi connectivity index (χ2n) is 2.83. The van der Waals surface area contributed by atoms with E-state index in [1.807, 2.05) is 6.07 Å². The fraction of sp³-hybridized carbons (Fsp3) is 0.100. The van der Waals surface area contributed by atoms with E-state index >= 15 is 0 Å². The molecule has 0 saturated carbocycles. The number of benzene rings is 1. The molecule has 0 aliphatic rings. The number of pyridine rings is 1. The Balaban J connectivity index is 2.81. The Labute approximate surface area is 94.2 Å². The second kappa shape index (κ2) is 3.68. The minimum Gasteiger partial charge on any atom is -0.494 e. The summed E-state index contributed by atoms with van der Waals surface area (Å²) in [6.45, 7) is 0. The maximum absolute atomic E-state index is 13.1. The van der Waals surface area contributed by atoms with Gasteiger partial charge in [-0.3, -0.25) is 4.98 Å². The lowest BCUT2D eigenvalue weighted by Crippen LogP contribution is -1.90. The first kappa shape index (κ1) is 9.64. The van der Waals surface area contributed by atoms with Crippen LogP contribution in [0, 0.1) is 9.39 Å². The molecule has 0 bridgehead atoms. The van der Waals surface area contributed by atoms with Gasteiger partial charge in [0.05, 0.1) is 7.11 Å². The summed E-state index contributed by atoms with van der Waals surface area (Å²) in [5.74, 6) is 0.162. The molecule has 0 amide bonds. The average molecular weight is 303 g/mol. The SMILES string of the molecule is COc1cc(F)cc2cc(I)cnc12. The second-order valence-corrected chi connectivity index (χ2v) is 4.08. The van der Waals surface area contributed by atoms with Crippen molar-refractivity contribution in [3.8, 4) is 5.75 Å². The van der Waals surface area contributed by atoms with E-state index in [9.17, 15) is 4.39 Å². The molecule has 2 aromatic rings. The number of hydrogen-bond acceptors (Lipinski definition) is 2. The summed E-state index contributed by atoms with van der Waals surface area (Å²) in [4.78, 5) is 4.19. The molecule has 0 aliphatic heterocycles. The molecule has 1 aromatic carbocycles. The van der Waals surface area contributed by atoms with Crippen LogP contribution in [0.15, 0.2) is 24.4 Å². The van der Waals surface area contributed by atoms with Crippen molar-refractivity contribution in [2.75, 3.05) is 7.11 Å². The molecule has 0 fully saturated rings. The number of fused-ring (bicyclic) bond motifs is 1. The van der Waals surface area contributed by atoms with Crippen molar-refractivity contribution in [1.29, 1.82) is 0 Å². The van der Waals surface area contributed by atoms with Crippen LogP contribution in [0.25, 0.3) is 10.9 Å². The van der Waals surface area contributed by atoms with Crippen molar-refractivity contribution in [2.24, 2.45) is 0 Å². The number of halogens is 2. The van der Waals surface area contributed by atoms with Crippen LogP contribution in [0.2, 0.25) is 0 Å². The Morgan fingerprint density at radius 1 is 1.36 bits per heavy atom. The molecule has 1 aromatic heterocycles. The monoisotopic (exact) mass is 303 g/mol. The lowest BCUT2D eigenvalue weighted by atomic mass is 10.2. The van der Waals surface area contributed by atoms with Crippen molar-refractivity contribution in [2.45, 2.75) is 0 Å². The highest BCUT2D eigenvalue weighted by molar-refractivity contribution is 14.1. The number of rotatable bonds is 1. The summed E-state index contributed by atoms with van der Waals surface area (Å²) in [6, 6.07) is 4.66. The summed E-state index contributed by atoms with van der Waals surface area (Å²) < 4.78 is 19.1. The smallest absolute Gasteiger partial charge is 0.147 e. The Kier molecular flexibility index (Phi) is 2.54. The fourth-order valence-electron chi connectivity index (χ4n) is 1.31. The van der Waals surface area contributed by atoms with E-state index in [4.69, 9.17) is 4.74 Å². The average Bonchev–Trinajstić information content (AvgIpc) is 2.15. The topological polar surface area (TPSA) is 22.1 Å². The normalized spacial score (nSPS) is 10.5. The molecule has 2 nitrogen and oxygen atoms in total. The number of hydrogen-bond donors (Lipinski definition) is 0. The predicted octanol–water partition coefficient (Wildman–Crippen LogP) is 2.99. The largest absolute Gasteiger partial charge is 0.494 e. The van der Waals surface area contributed by atoms with Crippen molar-refractivity contribution in [1.82, 2.24) is 4.98 Å². The quantitative estimate of drug-likeness (QED) is 0.756. The van der Waals surface area contributed by atoms with Crippen LogP contribution >= 0.6 is 22.6 Å². The molecule has 0 unspecified atom stereocenters. The Bertz CT molecular complexity index is 482. The van der Waals surface area contributed by atoms with Gasteiger partial charge in [0.25, 0.3) is 0 Å². The van der Waals surface area contributed by atoms with Gasteiger partial charge < -0.3 is 4.74 Å². The van der Waals surface area contributed by atoms with Gasteiger partial charge in [0, 0.05) is 21.2 Å². The van der Waals surface area contributed by atoms with Crippen LogP contribution < -0.4 is 4.74 Å². The van der Waals surface area contributed by atoms with Crippen LogP contribution in [-0.4, -0.2) is 12.1 Å². The van der Waals surface area contributed by atoms with Crippen molar-refractivity contribution in [3.63, 3.8) is 0 Å². The lowest BCUT2D eigenvalue weighted by Gasteiger charge is -2.04. The first-order chi connectivity index (χ1) is 6.70. The zero-order valence-electron chi connectivity index (χ0n) is 7.42. The molecule has 2 rings (SSSR count). The Hall–Kier alpha value is -0.910. The van der Waals surface area contributed by atoms with Gasteiger partial charge in [0.2, 0.25) is 0 Å². The van der Waals surface area contributed by atoms with Crippen LogP contribution in [0.4, 0.5) is 4.39 Å². The van der Waals surface area contributed by atoms with E-state index in [0.717, 1.165) is 8.96 Å². The summed E-state index contributed by atoms with van der Waals surface area (Å²) in [5.41, 5.74) is 0.689. The number of aromatic nitrogens is 1. The van der Waals surface area contributed by atoms with Crippen molar-refractivity contribution in [3.05, 3.63) is 33.8 Å². The van der Waals surface area contributed by atoms with Crippen LogP contribution in [0.3, 0.4) is 0 Å². The molecule has 72 valence electrons.